The Morgan fingerprint density at radius 3 is 1.38 bits per heavy atom. The number of unbranched alkanes of at least 4 members (excludes halogenated alkanes) is 5. The molecule has 32 heavy (non-hydrogen) atoms. The van der Waals surface area contributed by atoms with Gasteiger partial charge in [-0.1, -0.05) is 25.7 Å². The second-order valence-electron chi connectivity index (χ2n) is 7.18. The number of carbonyl (C=O) groups is 4. The highest BCUT2D eigenvalue weighted by molar-refractivity contribution is 5.93. The third kappa shape index (κ3) is 7.54. The summed E-state index contributed by atoms with van der Waals surface area (Å²) in [5, 5.41) is 18.4. The lowest BCUT2D eigenvalue weighted by Gasteiger charge is -2.10. The lowest BCUT2D eigenvalue weighted by Crippen LogP contribution is -2.06. The zero-order valence-electron chi connectivity index (χ0n) is 17.6. The van der Waals surface area contributed by atoms with Crippen LogP contribution in [0.2, 0.25) is 0 Å². The Bertz CT molecular complexity index is 874. The van der Waals surface area contributed by atoms with Gasteiger partial charge in [-0.25, -0.2) is 9.59 Å². The van der Waals surface area contributed by atoms with Crippen LogP contribution < -0.4 is 9.47 Å². The zero-order valence-corrected chi connectivity index (χ0v) is 17.6. The Labute approximate surface area is 185 Å². The fourth-order valence-corrected chi connectivity index (χ4v) is 3.10. The monoisotopic (exact) mass is 442 g/mol. The predicted octanol–water partition coefficient (Wildman–Crippen LogP) is 4.51. The molecular weight excluding hydrogens is 416 g/mol. The molecule has 2 aromatic rings. The van der Waals surface area contributed by atoms with E-state index in [1.54, 1.807) is 0 Å². The summed E-state index contributed by atoms with van der Waals surface area (Å²) < 4.78 is 11.1. The quantitative estimate of drug-likeness (QED) is 0.305. The Morgan fingerprint density at radius 1 is 0.656 bits per heavy atom. The minimum Gasteiger partial charge on any atom is -0.493 e. The summed E-state index contributed by atoms with van der Waals surface area (Å²) in [5.74, 6) is -1.77. The van der Waals surface area contributed by atoms with Gasteiger partial charge in [-0.3, -0.25) is 9.59 Å². The van der Waals surface area contributed by atoms with Gasteiger partial charge in [-0.2, -0.15) is 0 Å². The van der Waals surface area contributed by atoms with Crippen molar-refractivity contribution < 1.29 is 38.9 Å². The molecule has 0 fully saturated rings. The molecule has 0 bridgehead atoms. The number of hydrogen-bond acceptors (Lipinski definition) is 6. The standard InChI is InChI=1S/C24H26O8/c25-15-17-7-9-21(19(13-17)23(27)28)31-11-5-3-1-2-4-6-12-32-22-10-8-18(16-26)14-20(22)24(29)30/h7-10,13-16H,1-6,11-12H2,(H,27,28)(H,29,30). The third-order valence-corrected chi connectivity index (χ3v) is 4.79. The average molecular weight is 442 g/mol. The Morgan fingerprint density at radius 2 is 1.03 bits per heavy atom. The maximum absolute atomic E-state index is 11.3. The number of aldehydes is 2. The van der Waals surface area contributed by atoms with Gasteiger partial charge >= 0.3 is 11.9 Å². The summed E-state index contributed by atoms with van der Waals surface area (Å²) in [6.07, 6.45) is 6.54. The van der Waals surface area contributed by atoms with E-state index in [0.717, 1.165) is 38.5 Å². The Hall–Kier alpha value is -3.68. The SMILES string of the molecule is O=Cc1ccc(OCCCCCCCCOc2ccc(C=O)cc2C(=O)O)c(C(=O)O)c1. The van der Waals surface area contributed by atoms with Crippen molar-refractivity contribution in [2.75, 3.05) is 13.2 Å². The fourth-order valence-electron chi connectivity index (χ4n) is 3.10. The third-order valence-electron chi connectivity index (χ3n) is 4.79. The molecule has 8 heteroatoms. The van der Waals surface area contributed by atoms with Gasteiger partial charge in [0, 0.05) is 11.1 Å². The lowest BCUT2D eigenvalue weighted by molar-refractivity contribution is 0.0680. The van der Waals surface area contributed by atoms with Gasteiger partial charge in [-0.05, 0) is 49.2 Å². The average Bonchev–Trinajstić information content (AvgIpc) is 2.80. The van der Waals surface area contributed by atoms with Crippen LogP contribution in [0.1, 0.15) is 80.0 Å². The van der Waals surface area contributed by atoms with Crippen molar-refractivity contribution in [2.24, 2.45) is 0 Å². The normalized spacial score (nSPS) is 10.4. The summed E-state index contributed by atoms with van der Waals surface area (Å²) in [7, 11) is 0. The molecule has 0 unspecified atom stereocenters. The first-order valence-corrected chi connectivity index (χ1v) is 10.4. The van der Waals surface area contributed by atoms with Crippen molar-refractivity contribution in [3.05, 3.63) is 58.7 Å². The van der Waals surface area contributed by atoms with Crippen molar-refractivity contribution in [3.63, 3.8) is 0 Å². The molecular formula is C24H26O8. The van der Waals surface area contributed by atoms with Gasteiger partial charge < -0.3 is 19.7 Å². The highest BCUT2D eigenvalue weighted by Crippen LogP contribution is 2.21. The van der Waals surface area contributed by atoms with Gasteiger partial charge in [0.15, 0.2) is 0 Å². The number of rotatable bonds is 15. The van der Waals surface area contributed by atoms with E-state index >= 15 is 0 Å². The van der Waals surface area contributed by atoms with Crippen molar-refractivity contribution >= 4 is 24.5 Å². The number of ether oxygens (including phenoxy) is 2. The molecule has 0 saturated heterocycles. The van der Waals surface area contributed by atoms with E-state index in [1.807, 2.05) is 0 Å². The van der Waals surface area contributed by atoms with Crippen LogP contribution in [0.4, 0.5) is 0 Å². The van der Waals surface area contributed by atoms with E-state index in [1.165, 1.54) is 36.4 Å². The van der Waals surface area contributed by atoms with Crippen molar-refractivity contribution in [1.29, 1.82) is 0 Å². The largest absolute Gasteiger partial charge is 0.493 e. The van der Waals surface area contributed by atoms with Crippen LogP contribution in [0, 0.1) is 0 Å². The molecule has 0 radical (unpaired) electrons. The molecule has 0 amide bonds. The minimum atomic E-state index is -1.14. The predicted molar refractivity (Wildman–Crippen MR) is 116 cm³/mol. The molecule has 8 nitrogen and oxygen atoms in total. The molecule has 0 aromatic heterocycles. The first kappa shape index (κ1) is 24.6. The van der Waals surface area contributed by atoms with Crippen molar-refractivity contribution in [1.82, 2.24) is 0 Å². The van der Waals surface area contributed by atoms with E-state index in [9.17, 15) is 29.4 Å². The van der Waals surface area contributed by atoms with Crippen LogP contribution in [-0.2, 0) is 0 Å². The Kier molecular flexibility index (Phi) is 9.90. The fraction of sp³-hybridized carbons (Fsp3) is 0.333. The molecule has 0 aliphatic rings. The van der Waals surface area contributed by atoms with Gasteiger partial charge in [0.2, 0.25) is 0 Å². The number of hydrogen-bond donors (Lipinski definition) is 2. The number of aromatic carboxylic acids is 2. The summed E-state index contributed by atoms with van der Waals surface area (Å²) >= 11 is 0. The molecule has 0 saturated carbocycles. The summed E-state index contributed by atoms with van der Waals surface area (Å²) in [4.78, 5) is 44.1. The number of benzene rings is 2. The first-order valence-electron chi connectivity index (χ1n) is 10.4. The van der Waals surface area contributed by atoms with Crippen LogP contribution in [-0.4, -0.2) is 47.9 Å². The van der Waals surface area contributed by atoms with Crippen LogP contribution >= 0.6 is 0 Å². The molecule has 0 aliphatic carbocycles. The molecule has 2 N–H and O–H groups in total. The van der Waals surface area contributed by atoms with E-state index in [0.29, 0.717) is 25.8 Å². The molecule has 0 atom stereocenters. The Balaban J connectivity index is 1.61. The van der Waals surface area contributed by atoms with Crippen LogP contribution in [0.5, 0.6) is 11.5 Å². The van der Waals surface area contributed by atoms with Crippen LogP contribution in [0.25, 0.3) is 0 Å². The van der Waals surface area contributed by atoms with Gasteiger partial charge in [0.1, 0.15) is 35.2 Å². The highest BCUT2D eigenvalue weighted by Gasteiger charge is 2.13. The second kappa shape index (κ2) is 12.9. The molecule has 170 valence electrons. The maximum Gasteiger partial charge on any atom is 0.339 e. The van der Waals surface area contributed by atoms with Crippen LogP contribution in [0.3, 0.4) is 0 Å². The first-order chi connectivity index (χ1) is 15.5. The number of carboxylic acids is 2. The summed E-state index contributed by atoms with van der Waals surface area (Å²) in [5.41, 5.74) is 0.523. The molecule has 2 aromatic carbocycles. The molecule has 0 heterocycles. The van der Waals surface area contributed by atoms with E-state index in [-0.39, 0.29) is 33.8 Å². The van der Waals surface area contributed by atoms with E-state index in [2.05, 4.69) is 0 Å². The van der Waals surface area contributed by atoms with E-state index in [4.69, 9.17) is 9.47 Å². The number of carboxylic acid groups (broad SMARTS) is 2. The maximum atomic E-state index is 11.3. The molecule has 0 spiro atoms. The second-order valence-corrected chi connectivity index (χ2v) is 7.18. The molecule has 2 rings (SSSR count). The van der Waals surface area contributed by atoms with Gasteiger partial charge in [-0.15, -0.1) is 0 Å². The van der Waals surface area contributed by atoms with E-state index < -0.39 is 11.9 Å². The highest BCUT2D eigenvalue weighted by atomic mass is 16.5. The zero-order chi connectivity index (χ0) is 23.3. The van der Waals surface area contributed by atoms with Crippen LogP contribution in [0.15, 0.2) is 36.4 Å². The minimum absolute atomic E-state index is 0.0264. The summed E-state index contributed by atoms with van der Waals surface area (Å²) in [6.45, 7) is 0.775. The smallest absolute Gasteiger partial charge is 0.339 e. The van der Waals surface area contributed by atoms with Crippen molar-refractivity contribution in [3.8, 4) is 11.5 Å². The lowest BCUT2D eigenvalue weighted by atomic mass is 10.1. The van der Waals surface area contributed by atoms with Gasteiger partial charge in [0.25, 0.3) is 0 Å². The van der Waals surface area contributed by atoms with Crippen molar-refractivity contribution in [2.45, 2.75) is 38.5 Å². The molecule has 0 aliphatic heterocycles. The summed E-state index contributed by atoms with van der Waals surface area (Å²) in [6, 6.07) is 8.62. The number of carbonyl (C=O) groups excluding carboxylic acids is 2. The topological polar surface area (TPSA) is 127 Å². The van der Waals surface area contributed by atoms with Gasteiger partial charge in [0.05, 0.1) is 13.2 Å².